The van der Waals surface area contributed by atoms with Gasteiger partial charge in [-0.1, -0.05) is 19.1 Å². The van der Waals surface area contributed by atoms with Gasteiger partial charge in [-0.3, -0.25) is 4.68 Å². The summed E-state index contributed by atoms with van der Waals surface area (Å²) in [5.41, 5.74) is 3.22. The number of nitrogens with zero attached hydrogens (tertiary/aromatic N) is 5. The van der Waals surface area contributed by atoms with Gasteiger partial charge in [0.15, 0.2) is 0 Å². The van der Waals surface area contributed by atoms with Crippen molar-refractivity contribution >= 4 is 0 Å². The molecule has 0 aromatic carbocycles. The highest BCUT2D eigenvalue weighted by atomic mass is 15.4. The lowest BCUT2D eigenvalue weighted by molar-refractivity contribution is 0.598. The first-order valence-electron chi connectivity index (χ1n) is 6.34. The molecule has 98 valence electrons. The molecule has 0 aliphatic carbocycles. The predicted octanol–water partition coefficient (Wildman–Crippen LogP) is 0.732. The molecule has 1 N–H and O–H groups in total. The fourth-order valence-corrected chi connectivity index (χ4v) is 1.81. The average Bonchev–Trinajstić information content (AvgIpc) is 2.95. The molecule has 6 heteroatoms. The second-order valence-corrected chi connectivity index (χ2v) is 4.29. The van der Waals surface area contributed by atoms with Crippen LogP contribution in [0.1, 0.15) is 30.9 Å². The van der Waals surface area contributed by atoms with Crippen LogP contribution in [-0.2, 0) is 26.6 Å². The SMILES string of the molecule is CCNCc1cn(Cc2cc(CC)nn2C)nn1. The van der Waals surface area contributed by atoms with Crippen LogP contribution in [0, 0.1) is 0 Å². The molecule has 0 amide bonds. The van der Waals surface area contributed by atoms with E-state index in [4.69, 9.17) is 0 Å². The third kappa shape index (κ3) is 2.95. The Balaban J connectivity index is 2.04. The van der Waals surface area contributed by atoms with Crippen molar-refractivity contribution in [3.8, 4) is 0 Å². The lowest BCUT2D eigenvalue weighted by Gasteiger charge is -2.00. The first-order chi connectivity index (χ1) is 8.72. The summed E-state index contributed by atoms with van der Waals surface area (Å²) in [5, 5.41) is 15.9. The van der Waals surface area contributed by atoms with Gasteiger partial charge >= 0.3 is 0 Å². The lowest BCUT2D eigenvalue weighted by atomic mass is 10.3. The molecule has 0 spiro atoms. The van der Waals surface area contributed by atoms with Crippen LogP contribution in [0.2, 0.25) is 0 Å². The fraction of sp³-hybridized carbons (Fsp3) is 0.583. The molecule has 6 nitrogen and oxygen atoms in total. The minimum atomic E-state index is 0.711. The largest absolute Gasteiger partial charge is 0.311 e. The van der Waals surface area contributed by atoms with Gasteiger partial charge in [0, 0.05) is 13.6 Å². The van der Waals surface area contributed by atoms with Crippen LogP contribution in [0.5, 0.6) is 0 Å². The highest BCUT2D eigenvalue weighted by Crippen LogP contribution is 2.06. The van der Waals surface area contributed by atoms with Crippen LogP contribution >= 0.6 is 0 Å². The van der Waals surface area contributed by atoms with Gasteiger partial charge in [-0.25, -0.2) is 4.68 Å². The molecule has 0 bridgehead atoms. The van der Waals surface area contributed by atoms with E-state index in [2.05, 4.69) is 40.6 Å². The molecule has 0 aliphatic heterocycles. The van der Waals surface area contributed by atoms with Gasteiger partial charge in [0.25, 0.3) is 0 Å². The molecule has 2 heterocycles. The summed E-state index contributed by atoms with van der Waals surface area (Å²) in [6, 6.07) is 2.12. The Kier molecular flexibility index (Phi) is 4.09. The van der Waals surface area contributed by atoms with Crippen molar-refractivity contribution in [2.45, 2.75) is 33.4 Å². The molecule has 2 rings (SSSR count). The summed E-state index contributed by atoms with van der Waals surface area (Å²) in [7, 11) is 1.96. The van der Waals surface area contributed by atoms with Crippen molar-refractivity contribution in [3.05, 3.63) is 29.3 Å². The second kappa shape index (κ2) is 5.77. The Labute approximate surface area is 107 Å². The second-order valence-electron chi connectivity index (χ2n) is 4.29. The molecule has 0 aliphatic rings. The monoisotopic (exact) mass is 248 g/mol. The maximum Gasteiger partial charge on any atom is 0.0964 e. The van der Waals surface area contributed by atoms with Crippen molar-refractivity contribution in [1.29, 1.82) is 0 Å². The Hall–Kier alpha value is -1.69. The van der Waals surface area contributed by atoms with E-state index in [0.717, 1.165) is 36.6 Å². The summed E-state index contributed by atoms with van der Waals surface area (Å²) in [6.45, 7) is 6.60. The van der Waals surface area contributed by atoms with Crippen LogP contribution in [0.3, 0.4) is 0 Å². The van der Waals surface area contributed by atoms with Crippen LogP contribution in [0.15, 0.2) is 12.3 Å². The molecule has 0 atom stereocenters. The first-order valence-corrected chi connectivity index (χ1v) is 6.34. The Bertz CT molecular complexity index is 498. The van der Waals surface area contributed by atoms with E-state index >= 15 is 0 Å². The molecule has 0 fully saturated rings. The van der Waals surface area contributed by atoms with Gasteiger partial charge in [-0.05, 0) is 19.0 Å². The standard InChI is InChI=1S/C12H20N6/c1-4-10-6-12(17(3)15-10)9-18-8-11(14-16-18)7-13-5-2/h6,8,13H,4-5,7,9H2,1-3H3. The normalized spacial score (nSPS) is 11.1. The summed E-state index contributed by atoms with van der Waals surface area (Å²) in [6.07, 6.45) is 2.93. The molecule has 0 saturated carbocycles. The molecule has 2 aromatic rings. The van der Waals surface area contributed by atoms with Crippen LogP contribution in [0.25, 0.3) is 0 Å². The van der Waals surface area contributed by atoms with E-state index in [1.54, 1.807) is 0 Å². The average molecular weight is 248 g/mol. The van der Waals surface area contributed by atoms with E-state index in [0.29, 0.717) is 6.54 Å². The molecule has 18 heavy (non-hydrogen) atoms. The molecular weight excluding hydrogens is 228 g/mol. The quantitative estimate of drug-likeness (QED) is 0.819. The van der Waals surface area contributed by atoms with Gasteiger partial charge in [-0.2, -0.15) is 5.10 Å². The Morgan fingerprint density at radius 3 is 2.78 bits per heavy atom. The zero-order valence-corrected chi connectivity index (χ0v) is 11.2. The van der Waals surface area contributed by atoms with Crippen molar-refractivity contribution in [1.82, 2.24) is 30.1 Å². The molecule has 0 unspecified atom stereocenters. The van der Waals surface area contributed by atoms with E-state index in [-0.39, 0.29) is 0 Å². The highest BCUT2D eigenvalue weighted by Gasteiger charge is 2.06. The molecule has 0 saturated heterocycles. The third-order valence-corrected chi connectivity index (χ3v) is 2.86. The van der Waals surface area contributed by atoms with Crippen LogP contribution < -0.4 is 5.32 Å². The fourth-order valence-electron chi connectivity index (χ4n) is 1.81. The number of aryl methyl sites for hydroxylation is 2. The Morgan fingerprint density at radius 1 is 1.28 bits per heavy atom. The number of rotatable bonds is 6. The minimum absolute atomic E-state index is 0.711. The number of hydrogen-bond donors (Lipinski definition) is 1. The van der Waals surface area contributed by atoms with E-state index in [9.17, 15) is 0 Å². The van der Waals surface area contributed by atoms with Crippen LogP contribution in [0.4, 0.5) is 0 Å². The zero-order valence-electron chi connectivity index (χ0n) is 11.2. The van der Waals surface area contributed by atoms with Crippen molar-refractivity contribution in [2.24, 2.45) is 7.05 Å². The lowest BCUT2D eigenvalue weighted by Crippen LogP contribution is -2.11. The maximum absolute atomic E-state index is 4.42. The number of aromatic nitrogens is 5. The van der Waals surface area contributed by atoms with Gasteiger partial charge < -0.3 is 5.32 Å². The first kappa shape index (κ1) is 12.8. The highest BCUT2D eigenvalue weighted by molar-refractivity contribution is 5.10. The molecule has 2 aromatic heterocycles. The number of nitrogens with one attached hydrogen (secondary N) is 1. The van der Waals surface area contributed by atoms with Gasteiger partial charge in [0.1, 0.15) is 0 Å². The van der Waals surface area contributed by atoms with E-state index in [1.807, 2.05) is 22.6 Å². The smallest absolute Gasteiger partial charge is 0.0964 e. The minimum Gasteiger partial charge on any atom is -0.311 e. The van der Waals surface area contributed by atoms with Crippen molar-refractivity contribution in [2.75, 3.05) is 6.54 Å². The van der Waals surface area contributed by atoms with Crippen molar-refractivity contribution < 1.29 is 0 Å². The summed E-state index contributed by atoms with van der Waals surface area (Å²) < 4.78 is 3.76. The van der Waals surface area contributed by atoms with E-state index < -0.39 is 0 Å². The van der Waals surface area contributed by atoms with E-state index in [1.165, 1.54) is 0 Å². The number of hydrogen-bond acceptors (Lipinski definition) is 4. The van der Waals surface area contributed by atoms with Crippen molar-refractivity contribution in [3.63, 3.8) is 0 Å². The molecular formula is C12H20N6. The topological polar surface area (TPSA) is 60.6 Å². The zero-order chi connectivity index (χ0) is 13.0. The summed E-state index contributed by atoms with van der Waals surface area (Å²) in [5.74, 6) is 0. The molecule has 0 radical (unpaired) electrons. The van der Waals surface area contributed by atoms with Gasteiger partial charge in [0.05, 0.1) is 29.8 Å². The summed E-state index contributed by atoms with van der Waals surface area (Å²) in [4.78, 5) is 0. The van der Waals surface area contributed by atoms with Gasteiger partial charge in [0.2, 0.25) is 0 Å². The summed E-state index contributed by atoms with van der Waals surface area (Å²) >= 11 is 0. The predicted molar refractivity (Wildman–Crippen MR) is 69.1 cm³/mol. The third-order valence-electron chi connectivity index (χ3n) is 2.86. The maximum atomic E-state index is 4.42. The van der Waals surface area contributed by atoms with Crippen LogP contribution in [-0.4, -0.2) is 31.3 Å². The van der Waals surface area contributed by atoms with Gasteiger partial charge in [-0.15, -0.1) is 5.10 Å². The Morgan fingerprint density at radius 2 is 2.11 bits per heavy atom.